The van der Waals surface area contributed by atoms with Crippen LogP contribution < -0.4 is 0 Å². The Hall–Kier alpha value is -1.06. The SMILES string of the molecule is Cl.O=C(O)C(O)c1ccccc1. The summed E-state index contributed by atoms with van der Waals surface area (Å²) < 4.78 is 0. The van der Waals surface area contributed by atoms with E-state index in [0.717, 1.165) is 0 Å². The molecule has 1 rings (SSSR count). The molecule has 0 bridgehead atoms. The van der Waals surface area contributed by atoms with E-state index in [1.807, 2.05) is 0 Å². The summed E-state index contributed by atoms with van der Waals surface area (Å²) in [6.45, 7) is 0. The Kier molecular flexibility index (Phi) is 4.33. The number of carboxylic acid groups (broad SMARTS) is 1. The summed E-state index contributed by atoms with van der Waals surface area (Å²) >= 11 is 0. The van der Waals surface area contributed by atoms with Crippen molar-refractivity contribution in [1.29, 1.82) is 0 Å². The Labute approximate surface area is 76.1 Å². The first-order chi connectivity index (χ1) is 5.22. The van der Waals surface area contributed by atoms with Crippen LogP contribution in [0, 0.1) is 0 Å². The van der Waals surface area contributed by atoms with Crippen LogP contribution in [-0.2, 0) is 4.79 Å². The van der Waals surface area contributed by atoms with Gasteiger partial charge < -0.3 is 10.2 Å². The van der Waals surface area contributed by atoms with Gasteiger partial charge in [0.05, 0.1) is 0 Å². The largest absolute Gasteiger partial charge is 0.479 e. The summed E-state index contributed by atoms with van der Waals surface area (Å²) in [6, 6.07) is 8.26. The van der Waals surface area contributed by atoms with Gasteiger partial charge >= 0.3 is 5.97 Å². The number of aliphatic hydroxyl groups is 1. The van der Waals surface area contributed by atoms with Crippen LogP contribution in [0.2, 0.25) is 0 Å². The van der Waals surface area contributed by atoms with E-state index in [-0.39, 0.29) is 12.4 Å². The van der Waals surface area contributed by atoms with E-state index in [4.69, 9.17) is 10.2 Å². The predicted molar refractivity (Wildman–Crippen MR) is 46.3 cm³/mol. The molecule has 1 aromatic carbocycles. The van der Waals surface area contributed by atoms with E-state index >= 15 is 0 Å². The zero-order chi connectivity index (χ0) is 8.27. The monoisotopic (exact) mass is 188 g/mol. The molecule has 2 N–H and O–H groups in total. The number of carbonyl (C=O) groups is 1. The average Bonchev–Trinajstić information content (AvgIpc) is 2.05. The summed E-state index contributed by atoms with van der Waals surface area (Å²) in [5, 5.41) is 17.4. The molecule has 0 aliphatic carbocycles. The normalized spacial score (nSPS) is 11.4. The lowest BCUT2D eigenvalue weighted by atomic mass is 10.1. The van der Waals surface area contributed by atoms with Crippen LogP contribution in [0.3, 0.4) is 0 Å². The predicted octanol–water partition coefficient (Wildman–Crippen LogP) is 1.23. The number of carboxylic acids is 1. The second kappa shape index (κ2) is 4.74. The van der Waals surface area contributed by atoms with Crippen molar-refractivity contribution in [3.8, 4) is 0 Å². The first-order valence-corrected chi connectivity index (χ1v) is 3.17. The molecule has 0 fully saturated rings. The first kappa shape index (κ1) is 10.9. The molecule has 0 radical (unpaired) electrons. The van der Waals surface area contributed by atoms with E-state index in [0.29, 0.717) is 5.56 Å². The van der Waals surface area contributed by atoms with Crippen LogP contribution in [-0.4, -0.2) is 16.2 Å². The van der Waals surface area contributed by atoms with Gasteiger partial charge in [0.1, 0.15) is 0 Å². The van der Waals surface area contributed by atoms with Crippen molar-refractivity contribution in [3.63, 3.8) is 0 Å². The van der Waals surface area contributed by atoms with Crippen LogP contribution in [0.5, 0.6) is 0 Å². The van der Waals surface area contributed by atoms with E-state index in [1.165, 1.54) is 0 Å². The molecule has 4 heteroatoms. The number of aliphatic hydroxyl groups excluding tert-OH is 1. The Balaban J connectivity index is 0.00000121. The summed E-state index contributed by atoms with van der Waals surface area (Å²) in [6.07, 6.45) is -1.41. The Morgan fingerprint density at radius 2 is 1.75 bits per heavy atom. The lowest BCUT2D eigenvalue weighted by molar-refractivity contribution is -0.146. The fourth-order valence-corrected chi connectivity index (χ4v) is 0.778. The standard InChI is InChI=1S/C8H8O3.ClH/c9-7(8(10)11)6-4-2-1-3-5-6;/h1-5,7,9H,(H,10,11);1H. The molecule has 0 aliphatic heterocycles. The molecular weight excluding hydrogens is 180 g/mol. The van der Waals surface area contributed by atoms with Crippen LogP contribution in [0.1, 0.15) is 11.7 Å². The Morgan fingerprint density at radius 3 is 2.17 bits per heavy atom. The molecule has 0 saturated carbocycles. The zero-order valence-corrected chi connectivity index (χ0v) is 6.99. The van der Waals surface area contributed by atoms with E-state index in [1.54, 1.807) is 30.3 Å². The minimum absolute atomic E-state index is 0. The molecular formula is C8H9ClO3. The van der Waals surface area contributed by atoms with Crippen molar-refractivity contribution < 1.29 is 15.0 Å². The van der Waals surface area contributed by atoms with Gasteiger partial charge in [0.2, 0.25) is 0 Å². The quantitative estimate of drug-likeness (QED) is 0.734. The lowest BCUT2D eigenvalue weighted by Crippen LogP contribution is -2.09. The highest BCUT2D eigenvalue weighted by atomic mass is 35.5. The number of aliphatic carboxylic acids is 1. The molecule has 3 nitrogen and oxygen atoms in total. The highest BCUT2D eigenvalue weighted by Gasteiger charge is 2.14. The summed E-state index contributed by atoms with van der Waals surface area (Å²) in [5.41, 5.74) is 0.403. The summed E-state index contributed by atoms with van der Waals surface area (Å²) in [7, 11) is 0. The number of rotatable bonds is 2. The molecule has 0 saturated heterocycles. The zero-order valence-electron chi connectivity index (χ0n) is 6.18. The van der Waals surface area contributed by atoms with Crippen molar-refractivity contribution in [3.05, 3.63) is 35.9 Å². The second-order valence-corrected chi connectivity index (χ2v) is 2.15. The van der Waals surface area contributed by atoms with Crippen LogP contribution in [0.4, 0.5) is 0 Å². The van der Waals surface area contributed by atoms with Gasteiger partial charge in [-0.2, -0.15) is 0 Å². The Bertz CT molecular complexity index is 248. The van der Waals surface area contributed by atoms with Crippen molar-refractivity contribution >= 4 is 18.4 Å². The highest BCUT2D eigenvalue weighted by Crippen LogP contribution is 2.10. The maximum Gasteiger partial charge on any atom is 0.337 e. The smallest absolute Gasteiger partial charge is 0.337 e. The van der Waals surface area contributed by atoms with Crippen molar-refractivity contribution in [1.82, 2.24) is 0 Å². The number of benzene rings is 1. The maximum absolute atomic E-state index is 10.2. The summed E-state index contributed by atoms with van der Waals surface area (Å²) in [4.78, 5) is 10.2. The molecule has 0 heterocycles. The van der Waals surface area contributed by atoms with Crippen molar-refractivity contribution in [2.24, 2.45) is 0 Å². The molecule has 1 atom stereocenters. The van der Waals surface area contributed by atoms with Crippen molar-refractivity contribution in [2.75, 3.05) is 0 Å². The minimum Gasteiger partial charge on any atom is -0.479 e. The van der Waals surface area contributed by atoms with E-state index in [9.17, 15) is 4.79 Å². The van der Waals surface area contributed by atoms with Gasteiger partial charge in [-0.05, 0) is 5.56 Å². The second-order valence-electron chi connectivity index (χ2n) is 2.15. The fraction of sp³-hybridized carbons (Fsp3) is 0.125. The van der Waals surface area contributed by atoms with Gasteiger partial charge in [0, 0.05) is 0 Å². The van der Waals surface area contributed by atoms with Gasteiger partial charge in [0.15, 0.2) is 6.10 Å². The third kappa shape index (κ3) is 2.53. The average molecular weight is 189 g/mol. The van der Waals surface area contributed by atoms with E-state index in [2.05, 4.69) is 0 Å². The molecule has 0 aromatic heterocycles. The summed E-state index contributed by atoms with van der Waals surface area (Å²) in [5.74, 6) is -1.23. The lowest BCUT2D eigenvalue weighted by Gasteiger charge is -2.03. The van der Waals surface area contributed by atoms with Gasteiger partial charge in [0.25, 0.3) is 0 Å². The molecule has 0 amide bonds. The minimum atomic E-state index is -1.41. The third-order valence-corrected chi connectivity index (χ3v) is 1.35. The molecule has 0 aliphatic rings. The first-order valence-electron chi connectivity index (χ1n) is 3.17. The van der Waals surface area contributed by atoms with Crippen LogP contribution in [0.25, 0.3) is 0 Å². The third-order valence-electron chi connectivity index (χ3n) is 1.35. The van der Waals surface area contributed by atoms with Crippen molar-refractivity contribution in [2.45, 2.75) is 6.10 Å². The topological polar surface area (TPSA) is 57.5 Å². The number of hydrogen-bond acceptors (Lipinski definition) is 2. The maximum atomic E-state index is 10.2. The highest BCUT2D eigenvalue weighted by molar-refractivity contribution is 5.85. The van der Waals surface area contributed by atoms with E-state index < -0.39 is 12.1 Å². The van der Waals surface area contributed by atoms with Gasteiger partial charge in [-0.15, -0.1) is 12.4 Å². The fourth-order valence-electron chi connectivity index (χ4n) is 0.778. The molecule has 1 unspecified atom stereocenters. The van der Waals surface area contributed by atoms with Gasteiger partial charge in [-0.3, -0.25) is 0 Å². The molecule has 12 heavy (non-hydrogen) atoms. The number of halogens is 1. The molecule has 0 spiro atoms. The van der Waals surface area contributed by atoms with Crippen LogP contribution >= 0.6 is 12.4 Å². The number of hydrogen-bond donors (Lipinski definition) is 2. The van der Waals surface area contributed by atoms with Gasteiger partial charge in [-0.1, -0.05) is 30.3 Å². The van der Waals surface area contributed by atoms with Crippen LogP contribution in [0.15, 0.2) is 30.3 Å². The van der Waals surface area contributed by atoms with Gasteiger partial charge in [-0.25, -0.2) is 4.79 Å². The Morgan fingerprint density at radius 1 is 1.25 bits per heavy atom. The molecule has 66 valence electrons. The molecule has 1 aromatic rings.